The molecule has 0 aromatic heterocycles. The van der Waals surface area contributed by atoms with E-state index in [4.69, 9.17) is 39.9 Å². The third-order valence-corrected chi connectivity index (χ3v) is 7.72. The maximum absolute atomic E-state index is 13.5. The molecule has 0 saturated heterocycles. The lowest BCUT2D eigenvalue weighted by Crippen LogP contribution is -2.19. The monoisotopic (exact) mass is 784 g/mol. The Hall–Kier alpha value is -8.00. The van der Waals surface area contributed by atoms with Crippen LogP contribution in [0.3, 0.4) is 0 Å². The van der Waals surface area contributed by atoms with Crippen molar-refractivity contribution in [2.45, 2.75) is 0 Å². The summed E-state index contributed by atoms with van der Waals surface area (Å²) in [5.41, 5.74) is 12.8. The number of ether oxygens (including phenoxy) is 6. The summed E-state index contributed by atoms with van der Waals surface area (Å²) in [5, 5.41) is 0. The highest BCUT2D eigenvalue weighted by molar-refractivity contribution is 6.02. The van der Waals surface area contributed by atoms with Gasteiger partial charge in [0.2, 0.25) is 0 Å². The predicted molar refractivity (Wildman–Crippen MR) is 212 cm³/mol. The van der Waals surface area contributed by atoms with Crippen LogP contribution in [0, 0.1) is 0 Å². The molecular weight excluding hydrogens is 748 g/mol. The van der Waals surface area contributed by atoms with Crippen molar-refractivity contribution in [1.82, 2.24) is 0 Å². The van der Waals surface area contributed by atoms with E-state index in [1.165, 1.54) is 48.6 Å². The molecule has 58 heavy (non-hydrogen) atoms. The van der Waals surface area contributed by atoms with E-state index in [9.17, 15) is 28.8 Å². The third-order valence-electron chi connectivity index (χ3n) is 7.72. The highest BCUT2D eigenvalue weighted by Gasteiger charge is 2.27. The van der Waals surface area contributed by atoms with E-state index >= 15 is 0 Å². The van der Waals surface area contributed by atoms with Crippen LogP contribution in [0.5, 0.6) is 11.5 Å². The number of carbonyl (C=O) groups excluding carboxylic acids is 6. The smallest absolute Gasteiger partial charge is 0.343 e. The van der Waals surface area contributed by atoms with Crippen molar-refractivity contribution in [3.05, 3.63) is 167 Å². The van der Waals surface area contributed by atoms with E-state index in [1.54, 1.807) is 72.8 Å². The molecular formula is C44H36N2O12. The highest BCUT2D eigenvalue weighted by atomic mass is 16.6. The minimum atomic E-state index is -1.11. The summed E-state index contributed by atoms with van der Waals surface area (Å²) in [4.78, 5) is 78.0. The fourth-order valence-electron chi connectivity index (χ4n) is 4.96. The predicted octanol–water partition coefficient (Wildman–Crippen LogP) is 6.12. The summed E-state index contributed by atoms with van der Waals surface area (Å²) < 4.78 is 32.0. The number of anilines is 2. The maximum Gasteiger partial charge on any atom is 0.343 e. The molecule has 294 valence electrons. The van der Waals surface area contributed by atoms with E-state index in [2.05, 4.69) is 0 Å². The second-order valence-electron chi connectivity index (χ2n) is 12.0. The largest absolute Gasteiger partial charge is 0.459 e. The molecule has 0 amide bonds. The molecule has 0 heterocycles. The molecule has 0 unspecified atom stereocenters. The molecule has 0 fully saturated rings. The topological polar surface area (TPSA) is 210 Å². The van der Waals surface area contributed by atoms with Crippen LogP contribution < -0.4 is 20.9 Å². The first kappa shape index (κ1) is 41.2. The van der Waals surface area contributed by atoms with Gasteiger partial charge in [-0.05, 0) is 59.7 Å². The van der Waals surface area contributed by atoms with Crippen molar-refractivity contribution in [3.8, 4) is 11.5 Å². The van der Waals surface area contributed by atoms with Gasteiger partial charge in [0, 0.05) is 35.7 Å². The fraction of sp³-hybridized carbons (Fsp3) is 0.0909. The second-order valence-corrected chi connectivity index (χ2v) is 12.0. The number of hydrogen-bond acceptors (Lipinski definition) is 14. The Balaban J connectivity index is 1.37. The zero-order valence-electron chi connectivity index (χ0n) is 30.7. The van der Waals surface area contributed by atoms with Crippen molar-refractivity contribution in [2.75, 3.05) is 37.9 Å². The van der Waals surface area contributed by atoms with Crippen LogP contribution in [0.1, 0.15) is 52.6 Å². The number of rotatable bonds is 16. The van der Waals surface area contributed by atoms with Gasteiger partial charge in [-0.3, -0.25) is 0 Å². The number of carbonyl (C=O) groups is 6. The molecule has 0 saturated carbocycles. The quantitative estimate of drug-likeness (QED) is 0.0289. The number of nitrogen functional groups attached to an aromatic ring is 2. The van der Waals surface area contributed by atoms with Crippen LogP contribution in [0.2, 0.25) is 0 Å². The van der Waals surface area contributed by atoms with Crippen molar-refractivity contribution in [1.29, 1.82) is 0 Å². The first-order valence-corrected chi connectivity index (χ1v) is 17.5. The number of benzene rings is 5. The van der Waals surface area contributed by atoms with E-state index in [1.807, 2.05) is 12.1 Å². The van der Waals surface area contributed by atoms with Gasteiger partial charge in [-0.1, -0.05) is 72.8 Å². The molecule has 14 nitrogen and oxygen atoms in total. The average Bonchev–Trinajstić information content (AvgIpc) is 3.23. The summed E-state index contributed by atoms with van der Waals surface area (Å²) in [6.45, 7) is -1.57. The van der Waals surface area contributed by atoms with E-state index < -0.39 is 71.7 Å². The first-order chi connectivity index (χ1) is 28.0. The van der Waals surface area contributed by atoms with Gasteiger partial charge in [-0.2, -0.15) is 0 Å². The van der Waals surface area contributed by atoms with Crippen molar-refractivity contribution < 1.29 is 57.2 Å². The molecule has 0 bridgehead atoms. The Morgan fingerprint density at radius 3 is 1.19 bits per heavy atom. The summed E-state index contributed by atoms with van der Waals surface area (Å²) in [5.74, 6) is -6.55. The Kier molecular flexibility index (Phi) is 14.6. The van der Waals surface area contributed by atoms with E-state index in [0.29, 0.717) is 0 Å². The van der Waals surface area contributed by atoms with Gasteiger partial charge in [0.05, 0.1) is 11.1 Å². The molecule has 0 aliphatic rings. The van der Waals surface area contributed by atoms with Crippen molar-refractivity contribution >= 4 is 59.3 Å². The van der Waals surface area contributed by atoms with Crippen LogP contribution in [0.25, 0.3) is 12.2 Å². The Morgan fingerprint density at radius 2 is 0.810 bits per heavy atom. The SMILES string of the molecule is Nc1cccc(C(=O)Oc2cc(C(=O)OCCOC(=O)C=Cc3ccccc3)c(OC(=O)c3cccc(N)c3)cc2C(=O)OCCOC(=O)C=Cc2ccccc2)c1. The van der Waals surface area contributed by atoms with Crippen LogP contribution in [0.15, 0.2) is 133 Å². The lowest BCUT2D eigenvalue weighted by atomic mass is 10.1. The molecule has 0 aliphatic heterocycles. The van der Waals surface area contributed by atoms with Crippen molar-refractivity contribution in [2.24, 2.45) is 0 Å². The summed E-state index contributed by atoms with van der Waals surface area (Å²) >= 11 is 0. The van der Waals surface area contributed by atoms with Crippen LogP contribution in [-0.4, -0.2) is 62.2 Å². The zero-order valence-corrected chi connectivity index (χ0v) is 30.7. The highest BCUT2D eigenvalue weighted by Crippen LogP contribution is 2.32. The summed E-state index contributed by atoms with van der Waals surface area (Å²) in [7, 11) is 0. The molecule has 0 radical (unpaired) electrons. The number of esters is 6. The Morgan fingerprint density at radius 1 is 0.431 bits per heavy atom. The molecule has 5 rings (SSSR count). The molecule has 5 aromatic carbocycles. The number of nitrogens with two attached hydrogens (primary N) is 2. The zero-order chi connectivity index (χ0) is 41.3. The van der Waals surface area contributed by atoms with Gasteiger partial charge in [0.15, 0.2) is 0 Å². The fourth-order valence-corrected chi connectivity index (χ4v) is 4.96. The lowest BCUT2D eigenvalue weighted by Gasteiger charge is -2.16. The molecule has 5 aromatic rings. The first-order valence-electron chi connectivity index (χ1n) is 17.5. The standard InChI is InChI=1S/C44H36N2O12/c45-33-15-7-13-31(25-33)41(49)57-37-28-36(44(52)56-24-22-54-40(48)20-18-30-11-5-2-6-12-30)38(58-42(50)32-14-8-16-34(46)26-32)27-35(37)43(51)55-23-21-53-39(47)19-17-29-9-3-1-4-10-29/h1-20,25-28H,21-24,45-46H2. The minimum Gasteiger partial charge on any atom is -0.459 e. The van der Waals surface area contributed by atoms with Gasteiger partial charge in [-0.25, -0.2) is 28.8 Å². The lowest BCUT2D eigenvalue weighted by molar-refractivity contribution is -0.139. The molecule has 0 spiro atoms. The van der Waals surface area contributed by atoms with Gasteiger partial charge in [0.1, 0.15) is 49.1 Å². The third kappa shape index (κ3) is 12.5. The normalized spacial score (nSPS) is 10.8. The van der Waals surface area contributed by atoms with E-state index in [-0.39, 0.29) is 35.7 Å². The van der Waals surface area contributed by atoms with Gasteiger partial charge >= 0.3 is 35.8 Å². The molecule has 14 heteroatoms. The minimum absolute atomic E-state index is 0.000728. The Labute approximate surface area is 332 Å². The summed E-state index contributed by atoms with van der Waals surface area (Å²) in [6, 6.07) is 31.5. The van der Waals surface area contributed by atoms with Crippen LogP contribution in [0.4, 0.5) is 11.4 Å². The average molecular weight is 785 g/mol. The van der Waals surface area contributed by atoms with E-state index in [0.717, 1.165) is 23.3 Å². The van der Waals surface area contributed by atoms with Gasteiger partial charge in [0.25, 0.3) is 0 Å². The van der Waals surface area contributed by atoms with Crippen molar-refractivity contribution in [3.63, 3.8) is 0 Å². The summed E-state index contributed by atoms with van der Waals surface area (Å²) in [6.07, 6.45) is 5.51. The molecule has 4 N–H and O–H groups in total. The van der Waals surface area contributed by atoms with Crippen LogP contribution in [-0.2, 0) is 28.5 Å². The second kappa shape index (κ2) is 20.6. The molecule has 0 atom stereocenters. The molecule has 0 aliphatic carbocycles. The maximum atomic E-state index is 13.5. The Bertz CT molecular complexity index is 2180. The van der Waals surface area contributed by atoms with Crippen LogP contribution >= 0.6 is 0 Å². The van der Waals surface area contributed by atoms with Gasteiger partial charge in [-0.15, -0.1) is 0 Å². The number of hydrogen-bond donors (Lipinski definition) is 2. The van der Waals surface area contributed by atoms with Gasteiger partial charge < -0.3 is 39.9 Å².